The number of anilines is 1. The number of nitrogens with zero attached hydrogens (tertiary/aromatic N) is 6. The van der Waals surface area contributed by atoms with Crippen LogP contribution in [0.15, 0.2) is 67.0 Å². The number of rotatable bonds is 8. The maximum Gasteiger partial charge on any atom is 0.270 e. The summed E-state index contributed by atoms with van der Waals surface area (Å²) in [6.07, 6.45) is 5.58. The van der Waals surface area contributed by atoms with Crippen LogP contribution in [0, 0.1) is 0 Å². The van der Waals surface area contributed by atoms with Crippen molar-refractivity contribution < 1.29 is 28.8 Å². The number of hydrogen-bond acceptors (Lipinski definition) is 10. The Morgan fingerprint density at radius 2 is 1.72 bits per heavy atom. The Bertz CT molecular complexity index is 2540. The van der Waals surface area contributed by atoms with Crippen molar-refractivity contribution in [3.63, 3.8) is 0 Å². The van der Waals surface area contributed by atoms with E-state index in [0.717, 1.165) is 57.0 Å². The molecule has 1 unspecified atom stereocenters. The zero-order valence-electron chi connectivity index (χ0n) is 31.4. The van der Waals surface area contributed by atoms with E-state index >= 15 is 0 Å². The molecule has 288 valence electrons. The molecule has 15 nitrogen and oxygen atoms in total. The Morgan fingerprint density at radius 3 is 2.47 bits per heavy atom. The van der Waals surface area contributed by atoms with Gasteiger partial charge in [0.05, 0.1) is 34.8 Å². The third-order valence-electron chi connectivity index (χ3n) is 11.5. The highest BCUT2D eigenvalue weighted by molar-refractivity contribution is 6.25. The summed E-state index contributed by atoms with van der Waals surface area (Å²) in [5.41, 5.74) is 5.51. The highest BCUT2D eigenvalue weighted by Gasteiger charge is 2.46. The summed E-state index contributed by atoms with van der Waals surface area (Å²) in [7, 11) is 0. The molecule has 0 spiro atoms. The van der Waals surface area contributed by atoms with E-state index in [1.807, 2.05) is 41.4 Å². The predicted molar refractivity (Wildman–Crippen MR) is 208 cm³/mol. The van der Waals surface area contributed by atoms with Gasteiger partial charge in [-0.3, -0.25) is 49.0 Å². The molecule has 3 N–H and O–H groups in total. The fourth-order valence-electron chi connectivity index (χ4n) is 8.38. The van der Waals surface area contributed by atoms with Crippen LogP contribution < -0.4 is 16.0 Å². The zero-order chi connectivity index (χ0) is 39.5. The van der Waals surface area contributed by atoms with Crippen molar-refractivity contribution in [2.75, 3.05) is 11.9 Å². The van der Waals surface area contributed by atoms with Gasteiger partial charge >= 0.3 is 0 Å². The highest BCUT2D eigenvalue weighted by Crippen LogP contribution is 2.36. The van der Waals surface area contributed by atoms with Gasteiger partial charge in [0.25, 0.3) is 17.7 Å². The minimum Gasteiger partial charge on any atom is -0.381 e. The molecule has 9 rings (SSSR count). The number of carbonyl (C=O) groups is 6. The van der Waals surface area contributed by atoms with Crippen LogP contribution in [0.25, 0.3) is 33.3 Å². The number of pyridine rings is 2. The first-order valence-electron chi connectivity index (χ1n) is 19.2. The summed E-state index contributed by atoms with van der Waals surface area (Å²) < 4.78 is 2.24. The van der Waals surface area contributed by atoms with Crippen LogP contribution in [0.4, 0.5) is 5.69 Å². The second-order valence-corrected chi connectivity index (χ2v) is 15.0. The number of nitrogens with one attached hydrogen (secondary N) is 3. The van der Waals surface area contributed by atoms with Gasteiger partial charge in [-0.1, -0.05) is 31.2 Å². The topological polar surface area (TPSA) is 189 Å². The molecular weight excluding hydrogens is 727 g/mol. The normalized spacial score (nSPS) is 20.2. The number of imide groups is 2. The molecule has 0 radical (unpaired) electrons. The van der Waals surface area contributed by atoms with Gasteiger partial charge in [0, 0.05) is 79.5 Å². The lowest BCUT2D eigenvalue weighted by Gasteiger charge is -2.37. The molecule has 2 aromatic carbocycles. The first-order chi connectivity index (χ1) is 27.6. The van der Waals surface area contributed by atoms with Crippen molar-refractivity contribution in [2.45, 2.75) is 77.2 Å². The molecular formula is C42H39N9O6. The molecule has 6 amide bonds. The average Bonchev–Trinajstić information content (AvgIpc) is 3.70. The first-order valence-corrected chi connectivity index (χ1v) is 19.2. The molecule has 6 heterocycles. The van der Waals surface area contributed by atoms with Gasteiger partial charge in [-0.2, -0.15) is 0 Å². The van der Waals surface area contributed by atoms with Crippen molar-refractivity contribution in [1.29, 1.82) is 0 Å². The second-order valence-electron chi connectivity index (χ2n) is 15.0. The third kappa shape index (κ3) is 6.28. The first kappa shape index (κ1) is 35.9. The van der Waals surface area contributed by atoms with E-state index < -0.39 is 29.7 Å². The minimum atomic E-state index is -1.04. The molecule has 3 aliphatic heterocycles. The molecule has 2 fully saturated rings. The molecule has 15 heteroatoms. The number of aromatic nitrogens is 4. The van der Waals surface area contributed by atoms with Crippen LogP contribution in [0.2, 0.25) is 0 Å². The molecule has 57 heavy (non-hydrogen) atoms. The lowest BCUT2D eigenvalue weighted by atomic mass is 9.86. The van der Waals surface area contributed by atoms with Crippen LogP contribution in [-0.2, 0) is 33.9 Å². The van der Waals surface area contributed by atoms with Crippen LogP contribution in [-0.4, -0.2) is 89.4 Å². The summed E-state index contributed by atoms with van der Waals surface area (Å²) >= 11 is 0. The van der Waals surface area contributed by atoms with Gasteiger partial charge in [0.15, 0.2) is 0 Å². The maximum atomic E-state index is 13.4. The largest absolute Gasteiger partial charge is 0.381 e. The van der Waals surface area contributed by atoms with E-state index in [1.54, 1.807) is 37.4 Å². The van der Waals surface area contributed by atoms with Gasteiger partial charge in [-0.15, -0.1) is 0 Å². The fraction of sp³-hybridized carbons (Fsp3) is 0.310. The number of imidazole rings is 1. The van der Waals surface area contributed by atoms with Crippen LogP contribution in [0.1, 0.15) is 82.3 Å². The Morgan fingerprint density at radius 1 is 0.912 bits per heavy atom. The lowest BCUT2D eigenvalue weighted by molar-refractivity contribution is -0.136. The maximum absolute atomic E-state index is 13.4. The van der Waals surface area contributed by atoms with Gasteiger partial charge in [0.1, 0.15) is 17.6 Å². The molecule has 5 aromatic rings. The Kier molecular flexibility index (Phi) is 8.86. The molecule has 3 aromatic heterocycles. The van der Waals surface area contributed by atoms with Gasteiger partial charge in [-0.05, 0) is 55.0 Å². The van der Waals surface area contributed by atoms with Gasteiger partial charge in [0.2, 0.25) is 17.7 Å². The summed E-state index contributed by atoms with van der Waals surface area (Å²) in [4.78, 5) is 93.2. The highest BCUT2D eigenvalue weighted by atomic mass is 16.2. The lowest BCUT2D eigenvalue weighted by Crippen LogP contribution is -2.54. The number of aryl methyl sites for hydroxylation is 1. The summed E-state index contributed by atoms with van der Waals surface area (Å²) in [5, 5.41) is 10.5. The molecule has 1 atom stereocenters. The minimum absolute atomic E-state index is 0.0480. The second kappa shape index (κ2) is 14.1. The zero-order valence-corrected chi connectivity index (χ0v) is 31.4. The standard InChI is InChI=1S/C42H39N9O6/c1-3-35-47-38(34-21-49(22(2)52)14-15-50(34)35)27-7-4-6-23-16-32(44-20-29(23)27)24-10-11-31(43-19-24)39(54)46-26-17-25(18-26)45-30-9-5-8-28-37(30)42(57)51(41(28)56)33-12-13-36(53)48-40(33)55/h4-11,16,19-20,25-26,33,45H,3,12-15,17-18,21H2,1-2H3,(H,46,54)(H,48,53,55). The number of amides is 6. The van der Waals surface area contributed by atoms with E-state index in [-0.39, 0.29) is 53.6 Å². The molecule has 0 bridgehead atoms. The van der Waals surface area contributed by atoms with Gasteiger partial charge in [-0.25, -0.2) is 4.98 Å². The average molecular weight is 766 g/mol. The van der Waals surface area contributed by atoms with Crippen molar-refractivity contribution in [3.8, 4) is 22.5 Å². The number of fused-ring (bicyclic) bond motifs is 3. The summed E-state index contributed by atoms with van der Waals surface area (Å²) in [6.45, 7) is 5.59. The Hall–Kier alpha value is -6.77. The number of hydrogen-bond donors (Lipinski definition) is 3. The van der Waals surface area contributed by atoms with Crippen LogP contribution in [0.3, 0.4) is 0 Å². The van der Waals surface area contributed by atoms with Crippen LogP contribution in [0.5, 0.6) is 0 Å². The Labute approximate surface area is 326 Å². The molecule has 1 saturated heterocycles. The van der Waals surface area contributed by atoms with E-state index in [9.17, 15) is 28.8 Å². The third-order valence-corrected chi connectivity index (χ3v) is 11.5. The predicted octanol–water partition coefficient (Wildman–Crippen LogP) is 3.86. The number of benzene rings is 2. The quantitative estimate of drug-likeness (QED) is 0.196. The van der Waals surface area contributed by atoms with E-state index in [4.69, 9.17) is 9.97 Å². The number of carbonyl (C=O) groups excluding carboxylic acids is 6. The van der Waals surface area contributed by atoms with E-state index in [2.05, 4.69) is 32.4 Å². The van der Waals surface area contributed by atoms with Crippen molar-refractivity contribution >= 4 is 51.9 Å². The molecule has 4 aliphatic rings. The van der Waals surface area contributed by atoms with Gasteiger partial charge < -0.3 is 20.1 Å². The molecule has 1 saturated carbocycles. The van der Waals surface area contributed by atoms with E-state index in [0.29, 0.717) is 37.3 Å². The van der Waals surface area contributed by atoms with Crippen molar-refractivity contribution in [3.05, 3.63) is 95.3 Å². The molecule has 1 aliphatic carbocycles. The van der Waals surface area contributed by atoms with Crippen molar-refractivity contribution in [2.24, 2.45) is 0 Å². The summed E-state index contributed by atoms with van der Waals surface area (Å²) in [6, 6.07) is 15.3. The monoisotopic (exact) mass is 765 g/mol. The smallest absolute Gasteiger partial charge is 0.270 e. The SMILES string of the molecule is CCc1nc(-c2cccc3cc(-c4ccc(C(=O)NC5CC(Nc6cccc7c6C(=O)N(C6CCC(=O)NC6=O)C7=O)C5)nc4)ncc23)c2n1CCN(C(C)=O)C2. The summed E-state index contributed by atoms with van der Waals surface area (Å²) in [5.74, 6) is -1.47. The van der Waals surface area contributed by atoms with E-state index in [1.165, 1.54) is 0 Å². The number of piperidine rings is 1. The van der Waals surface area contributed by atoms with Crippen LogP contribution >= 0.6 is 0 Å². The fourth-order valence-corrected chi connectivity index (χ4v) is 8.38. The van der Waals surface area contributed by atoms with Crippen molar-refractivity contribution in [1.82, 2.24) is 40.0 Å². The Balaban J connectivity index is 0.843.